The van der Waals surface area contributed by atoms with Crippen LogP contribution in [0.1, 0.15) is 20.8 Å². The van der Waals surface area contributed by atoms with E-state index in [0.29, 0.717) is 52.3 Å². The third kappa shape index (κ3) is 5.37. The maximum atomic E-state index is 13.5. The van der Waals surface area contributed by atoms with E-state index in [0.717, 1.165) is 10.4 Å². The monoisotopic (exact) mass is 572 g/mol. The van der Waals surface area contributed by atoms with Crippen LogP contribution in [0.15, 0.2) is 99.5 Å². The normalized spacial score (nSPS) is 11.1. The fourth-order valence-corrected chi connectivity index (χ4v) is 5.26. The van der Waals surface area contributed by atoms with Crippen molar-refractivity contribution in [3.63, 3.8) is 0 Å². The molecule has 6 heterocycles. The zero-order chi connectivity index (χ0) is 27.5. The number of nitrogens with one attached hydrogen (secondary N) is 1. The van der Waals surface area contributed by atoms with Gasteiger partial charge in [-0.3, -0.25) is 14.6 Å². The maximum Gasteiger partial charge on any atom is 0.285 e. The molecule has 0 aliphatic carbocycles. The SMILES string of the molecule is O=C(c1cnoc1)n1nc(-c2cc(-c3ccccn3)n(CCc3ccoc3)c(=O)c2)cc1NCc1ccc(Cl)s1. The first-order valence-corrected chi connectivity index (χ1v) is 13.4. The maximum absolute atomic E-state index is 13.5. The third-order valence-corrected chi connectivity index (χ3v) is 7.44. The van der Waals surface area contributed by atoms with Crippen LogP contribution in [-0.4, -0.2) is 30.4 Å². The van der Waals surface area contributed by atoms with Crippen LogP contribution in [0.5, 0.6) is 0 Å². The van der Waals surface area contributed by atoms with E-state index < -0.39 is 5.91 Å². The molecule has 0 aliphatic rings. The number of pyridine rings is 2. The summed E-state index contributed by atoms with van der Waals surface area (Å²) in [6.07, 6.45) is 8.14. The van der Waals surface area contributed by atoms with Gasteiger partial charge in [-0.1, -0.05) is 22.8 Å². The summed E-state index contributed by atoms with van der Waals surface area (Å²) in [7, 11) is 0. The van der Waals surface area contributed by atoms with Crippen LogP contribution >= 0.6 is 22.9 Å². The van der Waals surface area contributed by atoms with Crippen LogP contribution in [0.2, 0.25) is 4.34 Å². The van der Waals surface area contributed by atoms with Crippen LogP contribution in [0.25, 0.3) is 22.6 Å². The van der Waals surface area contributed by atoms with Gasteiger partial charge < -0.3 is 18.8 Å². The molecule has 0 atom stereocenters. The van der Waals surface area contributed by atoms with Gasteiger partial charge in [-0.05, 0) is 48.4 Å². The van der Waals surface area contributed by atoms with Gasteiger partial charge in [0.1, 0.15) is 17.6 Å². The summed E-state index contributed by atoms with van der Waals surface area (Å²) < 4.78 is 13.6. The molecule has 6 aromatic heterocycles. The van der Waals surface area contributed by atoms with Crippen molar-refractivity contribution in [2.24, 2.45) is 0 Å². The van der Waals surface area contributed by atoms with Gasteiger partial charge in [0.2, 0.25) is 0 Å². The third-order valence-electron chi connectivity index (χ3n) is 6.21. The van der Waals surface area contributed by atoms with Gasteiger partial charge in [-0.15, -0.1) is 11.3 Å². The lowest BCUT2D eigenvalue weighted by atomic mass is 10.1. The quantitative estimate of drug-likeness (QED) is 0.237. The van der Waals surface area contributed by atoms with Crippen LogP contribution in [-0.2, 0) is 19.5 Å². The second kappa shape index (κ2) is 11.2. The number of aryl methyl sites for hydroxylation is 1. The van der Waals surface area contributed by atoms with E-state index in [1.807, 2.05) is 42.5 Å². The number of hydrogen-bond donors (Lipinski definition) is 1. The van der Waals surface area contributed by atoms with E-state index in [9.17, 15) is 9.59 Å². The molecule has 0 saturated heterocycles. The topological polar surface area (TPSA) is 121 Å². The lowest BCUT2D eigenvalue weighted by Crippen LogP contribution is -2.22. The largest absolute Gasteiger partial charge is 0.472 e. The first-order chi connectivity index (χ1) is 19.5. The molecule has 0 saturated carbocycles. The van der Waals surface area contributed by atoms with Crippen LogP contribution in [0.3, 0.4) is 0 Å². The molecular formula is C28H21ClN6O4S. The van der Waals surface area contributed by atoms with Crippen molar-refractivity contribution in [2.45, 2.75) is 19.5 Å². The number of anilines is 1. The first kappa shape index (κ1) is 25.5. The fourth-order valence-electron chi connectivity index (χ4n) is 4.24. The molecule has 0 aliphatic heterocycles. The van der Waals surface area contributed by atoms with Crippen molar-refractivity contribution in [3.8, 4) is 22.6 Å². The Morgan fingerprint density at radius 1 is 1.07 bits per heavy atom. The zero-order valence-corrected chi connectivity index (χ0v) is 22.4. The number of thiophene rings is 1. The highest BCUT2D eigenvalue weighted by molar-refractivity contribution is 7.16. The number of hydrogen-bond acceptors (Lipinski definition) is 9. The number of rotatable bonds is 9. The highest BCUT2D eigenvalue weighted by Crippen LogP contribution is 2.28. The first-order valence-electron chi connectivity index (χ1n) is 12.2. The van der Waals surface area contributed by atoms with Gasteiger partial charge in [0, 0.05) is 35.3 Å². The Balaban J connectivity index is 1.40. The van der Waals surface area contributed by atoms with E-state index in [1.165, 1.54) is 34.5 Å². The van der Waals surface area contributed by atoms with E-state index in [4.69, 9.17) is 20.5 Å². The summed E-state index contributed by atoms with van der Waals surface area (Å²) in [6, 6.07) is 16.2. The van der Waals surface area contributed by atoms with Gasteiger partial charge in [0.15, 0.2) is 0 Å². The minimum atomic E-state index is -0.433. The average Bonchev–Trinajstić information content (AvgIpc) is 3.79. The molecule has 0 radical (unpaired) electrons. The minimum absolute atomic E-state index is 0.218. The lowest BCUT2D eigenvalue weighted by molar-refractivity contribution is 0.0947. The number of aromatic nitrogens is 5. The highest BCUT2D eigenvalue weighted by Gasteiger charge is 2.20. The number of carbonyl (C=O) groups excluding carboxylic acids is 1. The van der Waals surface area contributed by atoms with Crippen molar-refractivity contribution in [3.05, 3.63) is 116 Å². The van der Waals surface area contributed by atoms with Gasteiger partial charge in [-0.25, -0.2) is 0 Å². The predicted molar refractivity (Wildman–Crippen MR) is 150 cm³/mol. The molecular weight excluding hydrogens is 552 g/mol. The average molecular weight is 573 g/mol. The Hall–Kier alpha value is -4.74. The summed E-state index contributed by atoms with van der Waals surface area (Å²) in [5.41, 5.74) is 3.26. The summed E-state index contributed by atoms with van der Waals surface area (Å²) in [4.78, 5) is 32.2. The van der Waals surface area contributed by atoms with Crippen molar-refractivity contribution >= 4 is 34.7 Å². The van der Waals surface area contributed by atoms with Gasteiger partial charge in [0.25, 0.3) is 11.5 Å². The Morgan fingerprint density at radius 2 is 2.00 bits per heavy atom. The number of carbonyl (C=O) groups is 1. The molecule has 40 heavy (non-hydrogen) atoms. The standard InChI is InChI=1S/C28H21ClN6O4S/c29-25-5-4-21(40-25)15-31-26-13-23(33-35(26)28(37)20-14-32-39-17-20)19-11-24(22-3-1-2-8-30-22)34(27(36)12-19)9-6-18-7-10-38-16-18/h1-5,7-8,10-14,16-17,31H,6,9,15H2. The molecule has 12 heteroatoms. The van der Waals surface area contributed by atoms with Gasteiger partial charge in [0.05, 0.1) is 46.7 Å². The summed E-state index contributed by atoms with van der Waals surface area (Å²) in [5.74, 6) is 0.00635. The number of nitrogens with zero attached hydrogens (tertiary/aromatic N) is 5. The van der Waals surface area contributed by atoms with Crippen molar-refractivity contribution in [2.75, 3.05) is 5.32 Å². The molecule has 0 fully saturated rings. The molecule has 0 unspecified atom stereocenters. The molecule has 0 aromatic carbocycles. The van der Waals surface area contributed by atoms with Crippen LogP contribution in [0.4, 0.5) is 5.82 Å². The summed E-state index contributed by atoms with van der Waals surface area (Å²) >= 11 is 7.52. The molecule has 0 spiro atoms. The van der Waals surface area contributed by atoms with Crippen molar-refractivity contribution in [1.82, 2.24) is 24.5 Å². The molecule has 1 N–H and O–H groups in total. The molecule has 10 nitrogen and oxygen atoms in total. The van der Waals surface area contributed by atoms with E-state index >= 15 is 0 Å². The Labute approximate surface area is 236 Å². The number of halogens is 1. The van der Waals surface area contributed by atoms with Gasteiger partial charge >= 0.3 is 0 Å². The van der Waals surface area contributed by atoms with Crippen LogP contribution in [0, 0.1) is 0 Å². The molecule has 200 valence electrons. The Bertz CT molecular complexity index is 1810. The van der Waals surface area contributed by atoms with Crippen molar-refractivity contribution in [1.29, 1.82) is 0 Å². The molecule has 6 rings (SSSR count). The van der Waals surface area contributed by atoms with Crippen molar-refractivity contribution < 1.29 is 13.7 Å². The summed E-state index contributed by atoms with van der Waals surface area (Å²) in [6.45, 7) is 0.857. The second-order valence-corrected chi connectivity index (χ2v) is 10.6. The van der Waals surface area contributed by atoms with E-state index in [2.05, 4.69) is 20.6 Å². The van der Waals surface area contributed by atoms with E-state index in [-0.39, 0.29) is 11.1 Å². The fraction of sp³-hybridized carbons (Fsp3) is 0.107. The number of furan rings is 1. The molecule has 0 bridgehead atoms. The Morgan fingerprint density at radius 3 is 2.73 bits per heavy atom. The van der Waals surface area contributed by atoms with E-state index in [1.54, 1.807) is 29.4 Å². The minimum Gasteiger partial charge on any atom is -0.472 e. The van der Waals surface area contributed by atoms with Crippen LogP contribution < -0.4 is 10.9 Å². The smallest absolute Gasteiger partial charge is 0.285 e. The van der Waals surface area contributed by atoms with Gasteiger partial charge in [-0.2, -0.15) is 9.78 Å². The highest BCUT2D eigenvalue weighted by atomic mass is 35.5. The summed E-state index contributed by atoms with van der Waals surface area (Å²) in [5, 5.41) is 11.5. The predicted octanol–water partition coefficient (Wildman–Crippen LogP) is 5.61. The zero-order valence-electron chi connectivity index (χ0n) is 20.9. The second-order valence-electron chi connectivity index (χ2n) is 8.82. The Kier molecular flexibility index (Phi) is 7.13. The lowest BCUT2D eigenvalue weighted by Gasteiger charge is -2.13. The molecule has 6 aromatic rings. The molecule has 0 amide bonds.